The molecule has 0 aliphatic rings. The molecule has 3 nitrogen and oxygen atoms in total. The van der Waals surface area contributed by atoms with Crippen LogP contribution < -0.4 is 0 Å². The quantitative estimate of drug-likeness (QED) is 0.491. The first-order chi connectivity index (χ1) is 14.0. The summed E-state index contributed by atoms with van der Waals surface area (Å²) in [7, 11) is 0. The maximum atomic E-state index is 7.92. The molecule has 24 heavy (non-hydrogen) atoms. The lowest BCUT2D eigenvalue weighted by Crippen LogP contribution is -1.88. The van der Waals surface area contributed by atoms with Crippen LogP contribution in [-0.2, 0) is 0 Å². The van der Waals surface area contributed by atoms with E-state index in [9.17, 15) is 0 Å². The van der Waals surface area contributed by atoms with Crippen LogP contribution in [0.1, 0.15) is 25.2 Å². The molecule has 3 heteroatoms. The monoisotopic (exact) mass is 320 g/mol. The molecule has 0 amide bonds. The Morgan fingerprint density at radius 1 is 0.958 bits per heavy atom. The van der Waals surface area contributed by atoms with Crippen LogP contribution in [0.15, 0.2) is 59.1 Å². The van der Waals surface area contributed by atoms with Crippen LogP contribution in [0.4, 0.5) is 0 Å². The fourth-order valence-electron chi connectivity index (χ4n) is 2.72. The maximum Gasteiger partial charge on any atom is 0.192 e. The normalized spacial score (nSPS) is 15.9. The standard InChI is InChI=1S/C21H18N2O/c1-13-4-8-19(22-12-13)17-6-5-14(2)18(10-17)16-7-9-21-20(11-16)23-15(3)24-21/h4-12H,1-3H3/i1D3,2D3. The molecule has 0 bridgehead atoms. The topological polar surface area (TPSA) is 38.9 Å². The Labute approximate surface area is 149 Å². The Morgan fingerprint density at radius 3 is 2.67 bits per heavy atom. The van der Waals surface area contributed by atoms with Crippen molar-refractivity contribution in [1.82, 2.24) is 9.97 Å². The minimum Gasteiger partial charge on any atom is -0.441 e. The predicted molar refractivity (Wildman–Crippen MR) is 96.9 cm³/mol. The highest BCUT2D eigenvalue weighted by Crippen LogP contribution is 2.30. The van der Waals surface area contributed by atoms with E-state index in [1.54, 1.807) is 49.4 Å². The number of nitrogens with zero attached hydrogens (tertiary/aromatic N) is 2. The van der Waals surface area contributed by atoms with Crippen molar-refractivity contribution in [3.63, 3.8) is 0 Å². The lowest BCUT2D eigenvalue weighted by Gasteiger charge is -2.09. The maximum absolute atomic E-state index is 7.92. The Kier molecular flexibility index (Phi) is 2.19. The number of fused-ring (bicyclic) bond motifs is 1. The molecule has 4 aromatic rings. The van der Waals surface area contributed by atoms with Gasteiger partial charge >= 0.3 is 0 Å². The van der Waals surface area contributed by atoms with Gasteiger partial charge in [-0.3, -0.25) is 4.98 Å². The minimum absolute atomic E-state index is 0.150. The van der Waals surface area contributed by atoms with E-state index < -0.39 is 13.7 Å². The fraction of sp³-hybridized carbons (Fsp3) is 0.143. The Morgan fingerprint density at radius 2 is 1.88 bits per heavy atom. The Bertz CT molecular complexity index is 1220. The van der Waals surface area contributed by atoms with Gasteiger partial charge in [-0.2, -0.15) is 0 Å². The lowest BCUT2D eigenvalue weighted by molar-refractivity contribution is 0.561. The molecule has 0 saturated carbocycles. The van der Waals surface area contributed by atoms with Crippen LogP contribution in [0, 0.1) is 20.6 Å². The van der Waals surface area contributed by atoms with Crippen LogP contribution in [0.3, 0.4) is 0 Å². The predicted octanol–water partition coefficient (Wildman–Crippen LogP) is 5.48. The molecule has 0 fully saturated rings. The summed E-state index contributed by atoms with van der Waals surface area (Å²) in [5.41, 5.74) is 4.12. The summed E-state index contributed by atoms with van der Waals surface area (Å²) in [4.78, 5) is 8.60. The molecule has 0 atom stereocenters. The summed E-state index contributed by atoms with van der Waals surface area (Å²) in [6.45, 7) is -2.78. The van der Waals surface area contributed by atoms with Crippen LogP contribution in [0.2, 0.25) is 0 Å². The number of pyridine rings is 1. The number of rotatable bonds is 2. The second kappa shape index (κ2) is 5.60. The number of aromatic nitrogens is 2. The molecule has 4 rings (SSSR count). The Balaban J connectivity index is 1.85. The minimum atomic E-state index is -2.30. The van der Waals surface area contributed by atoms with Gasteiger partial charge in [0.25, 0.3) is 0 Å². The lowest BCUT2D eigenvalue weighted by atomic mass is 9.96. The second-order valence-corrected chi connectivity index (χ2v) is 5.61. The first-order valence-electron chi connectivity index (χ1n) is 10.5. The van der Waals surface area contributed by atoms with Crippen molar-refractivity contribution >= 4 is 11.1 Å². The van der Waals surface area contributed by atoms with Crippen molar-refractivity contribution in [3.8, 4) is 22.4 Å². The molecule has 0 radical (unpaired) electrons. The van der Waals surface area contributed by atoms with E-state index in [2.05, 4.69) is 9.97 Å². The van der Waals surface area contributed by atoms with Gasteiger partial charge in [-0.15, -0.1) is 0 Å². The highest BCUT2D eigenvalue weighted by Gasteiger charge is 2.09. The third kappa shape index (κ3) is 2.58. The van der Waals surface area contributed by atoms with Gasteiger partial charge < -0.3 is 4.42 Å². The van der Waals surface area contributed by atoms with Crippen LogP contribution in [0.5, 0.6) is 0 Å². The average molecular weight is 320 g/mol. The van der Waals surface area contributed by atoms with Crippen molar-refractivity contribution in [2.24, 2.45) is 0 Å². The summed E-state index contributed by atoms with van der Waals surface area (Å²) in [5.74, 6) is 0.533. The largest absolute Gasteiger partial charge is 0.441 e. The zero-order valence-corrected chi connectivity index (χ0v) is 13.0. The van der Waals surface area contributed by atoms with Crippen molar-refractivity contribution in [3.05, 3.63) is 71.7 Å². The molecule has 2 heterocycles. The zero-order chi connectivity index (χ0) is 21.7. The van der Waals surface area contributed by atoms with E-state index in [4.69, 9.17) is 12.6 Å². The third-order valence-corrected chi connectivity index (χ3v) is 3.88. The average Bonchev–Trinajstić information content (AvgIpc) is 3.05. The number of benzene rings is 2. The van der Waals surface area contributed by atoms with E-state index in [0.29, 0.717) is 39.4 Å². The fourth-order valence-corrected chi connectivity index (χ4v) is 2.72. The zero-order valence-electron chi connectivity index (χ0n) is 19.0. The number of oxazole rings is 1. The van der Waals surface area contributed by atoms with Crippen molar-refractivity contribution in [2.45, 2.75) is 20.6 Å². The third-order valence-electron chi connectivity index (χ3n) is 3.88. The summed E-state index contributed by atoms with van der Waals surface area (Å²) >= 11 is 0. The van der Waals surface area contributed by atoms with Gasteiger partial charge in [-0.25, -0.2) is 4.98 Å². The Hall–Kier alpha value is -2.94. The summed E-state index contributed by atoms with van der Waals surface area (Å²) in [6.07, 6.45) is 1.32. The molecule has 2 aromatic carbocycles. The van der Waals surface area contributed by atoms with Crippen molar-refractivity contribution in [2.75, 3.05) is 0 Å². The number of hydrogen-bond acceptors (Lipinski definition) is 3. The van der Waals surface area contributed by atoms with Gasteiger partial charge in [0.1, 0.15) is 5.52 Å². The molecule has 0 unspecified atom stereocenters. The van der Waals surface area contributed by atoms with Crippen molar-refractivity contribution < 1.29 is 12.6 Å². The molecule has 0 aliphatic carbocycles. The number of aryl methyl sites for hydroxylation is 3. The van der Waals surface area contributed by atoms with Gasteiger partial charge in [0.2, 0.25) is 0 Å². The molecule has 118 valence electrons. The van der Waals surface area contributed by atoms with Gasteiger partial charge in [0.05, 0.1) is 5.69 Å². The highest BCUT2D eigenvalue weighted by atomic mass is 16.3. The molecular weight excluding hydrogens is 296 g/mol. The van der Waals surface area contributed by atoms with E-state index in [1.165, 1.54) is 12.3 Å². The highest BCUT2D eigenvalue weighted by molar-refractivity contribution is 5.83. The SMILES string of the molecule is [2H]C([2H])([2H])c1ccc(-c2ccc(C([2H])([2H])[2H])c(-c3ccc4oc(C)nc4c3)c2)nc1. The van der Waals surface area contributed by atoms with E-state index in [0.717, 1.165) is 0 Å². The van der Waals surface area contributed by atoms with Gasteiger partial charge in [-0.1, -0.05) is 24.3 Å². The molecular formula is C21H18N2O. The summed E-state index contributed by atoms with van der Waals surface area (Å²) in [6, 6.07) is 13.5. The van der Waals surface area contributed by atoms with Gasteiger partial charge in [-0.05, 0) is 60.2 Å². The van der Waals surface area contributed by atoms with Gasteiger partial charge in [0, 0.05) is 26.9 Å². The van der Waals surface area contributed by atoms with Crippen molar-refractivity contribution in [1.29, 1.82) is 0 Å². The van der Waals surface area contributed by atoms with E-state index in [1.807, 2.05) is 0 Å². The molecule has 0 N–H and O–H groups in total. The first kappa shape index (κ1) is 9.38. The van der Waals surface area contributed by atoms with Crippen LogP contribution >= 0.6 is 0 Å². The molecule has 0 saturated heterocycles. The van der Waals surface area contributed by atoms with Gasteiger partial charge in [0.15, 0.2) is 11.5 Å². The van der Waals surface area contributed by atoms with E-state index >= 15 is 0 Å². The molecule has 2 aromatic heterocycles. The van der Waals surface area contributed by atoms with Crippen LogP contribution in [0.25, 0.3) is 33.5 Å². The first-order valence-corrected chi connectivity index (χ1v) is 7.51. The molecule has 0 aliphatic heterocycles. The number of hydrogen-bond donors (Lipinski definition) is 0. The second-order valence-electron chi connectivity index (χ2n) is 5.61. The van der Waals surface area contributed by atoms with Crippen LogP contribution in [-0.4, -0.2) is 9.97 Å². The summed E-state index contributed by atoms with van der Waals surface area (Å²) < 4.78 is 51.7. The smallest absolute Gasteiger partial charge is 0.192 e. The summed E-state index contributed by atoms with van der Waals surface area (Å²) in [5, 5.41) is 0. The molecule has 0 spiro atoms. The van der Waals surface area contributed by atoms with E-state index in [-0.39, 0.29) is 11.1 Å².